The molecule has 2 unspecified atom stereocenters. The fraction of sp³-hybridized carbons (Fsp3) is 0.591. The Labute approximate surface area is 148 Å². The summed E-state index contributed by atoms with van der Waals surface area (Å²) in [5, 5.41) is 0. The van der Waals surface area contributed by atoms with Crippen LogP contribution in [0.1, 0.15) is 70.8 Å². The maximum absolute atomic E-state index is 4.57. The van der Waals surface area contributed by atoms with Gasteiger partial charge >= 0.3 is 0 Å². The second kappa shape index (κ2) is 11.1. The Morgan fingerprint density at radius 3 is 2.21 bits per heavy atom. The highest BCUT2D eigenvalue weighted by molar-refractivity contribution is 6.18. The van der Waals surface area contributed by atoms with Crippen molar-refractivity contribution in [3.05, 3.63) is 42.1 Å². The topological polar surface area (TPSA) is 24.7 Å². The van der Waals surface area contributed by atoms with Gasteiger partial charge in [0, 0.05) is 0 Å². The van der Waals surface area contributed by atoms with Gasteiger partial charge in [-0.05, 0) is 30.7 Å². The van der Waals surface area contributed by atoms with Crippen LogP contribution in [-0.2, 0) is 6.42 Å². The van der Waals surface area contributed by atoms with E-state index in [1.165, 1.54) is 56.9 Å². The molecule has 2 nitrogen and oxygen atoms in total. The number of nitrogens with zero attached hydrogens (tertiary/aromatic N) is 2. The molecule has 0 N–H and O–H groups in total. The van der Waals surface area contributed by atoms with E-state index < -0.39 is 0 Å². The zero-order chi connectivity index (χ0) is 17.0. The molecule has 130 valence electrons. The first-order valence-electron chi connectivity index (χ1n) is 9.82. The first-order valence-corrected chi connectivity index (χ1v) is 9.82. The molecule has 1 heterocycles. The highest BCUT2D eigenvalue weighted by Crippen LogP contribution is 2.36. The third kappa shape index (κ3) is 6.14. The van der Waals surface area contributed by atoms with Gasteiger partial charge in [0.25, 0.3) is 0 Å². The molecule has 2 rings (SSSR count). The molecule has 0 bridgehead atoms. The van der Waals surface area contributed by atoms with Gasteiger partial charge in [-0.25, -0.2) is 0 Å². The van der Waals surface area contributed by atoms with Crippen molar-refractivity contribution in [2.75, 3.05) is 0 Å². The molecule has 1 aromatic rings. The van der Waals surface area contributed by atoms with Gasteiger partial charge in [-0.1, -0.05) is 92.7 Å². The lowest BCUT2D eigenvalue weighted by Crippen LogP contribution is -2.22. The third-order valence-electron chi connectivity index (χ3n) is 5.00. The summed E-state index contributed by atoms with van der Waals surface area (Å²) in [4.78, 5) is 9.13. The summed E-state index contributed by atoms with van der Waals surface area (Å²) in [5.41, 5.74) is 1.44. The van der Waals surface area contributed by atoms with Gasteiger partial charge < -0.3 is 0 Å². The maximum Gasteiger partial charge on any atom is 0.244 e. The van der Waals surface area contributed by atoms with Crippen LogP contribution in [0.3, 0.4) is 0 Å². The van der Waals surface area contributed by atoms with Crippen molar-refractivity contribution in [3.8, 4) is 0 Å². The van der Waals surface area contributed by atoms with Gasteiger partial charge in [0.2, 0.25) is 6.17 Å². The summed E-state index contributed by atoms with van der Waals surface area (Å²) in [6.07, 6.45) is 16.3. The van der Waals surface area contributed by atoms with E-state index in [0.717, 1.165) is 12.6 Å². The predicted molar refractivity (Wildman–Crippen MR) is 106 cm³/mol. The molecular formula is C22H33N2+. The number of rotatable bonds is 12. The number of hydrogen-bond donors (Lipinski definition) is 0. The van der Waals surface area contributed by atoms with Gasteiger partial charge in [0.05, 0.1) is 5.92 Å². The monoisotopic (exact) mass is 325 g/mol. The van der Waals surface area contributed by atoms with E-state index in [4.69, 9.17) is 0 Å². The fourth-order valence-electron chi connectivity index (χ4n) is 3.72. The van der Waals surface area contributed by atoms with Crippen LogP contribution in [0.15, 0.2) is 40.3 Å². The molecule has 0 amide bonds. The number of aliphatic imine (C=N–C) groups is 2. The van der Waals surface area contributed by atoms with Crippen LogP contribution in [-0.4, -0.2) is 12.4 Å². The van der Waals surface area contributed by atoms with Crippen molar-refractivity contribution in [1.82, 2.24) is 0 Å². The standard InChI is InChI=1S/C22H33N2/c1-3-5-6-7-11-15-21(22-23-16-17-24-22)20(12-4-2)18-19-13-9-8-10-14-19/h8-10,13-14,16-17,20-21H,3-7,11-12,15,18H2,1-2H3/q+1. The van der Waals surface area contributed by atoms with Gasteiger partial charge in [0.15, 0.2) is 12.4 Å². The molecule has 1 aromatic carbocycles. The molecule has 0 saturated carbocycles. The first-order chi connectivity index (χ1) is 11.8. The molecule has 2 atom stereocenters. The second-order valence-electron chi connectivity index (χ2n) is 6.96. The molecule has 0 spiro atoms. The van der Waals surface area contributed by atoms with E-state index in [0.29, 0.717) is 11.8 Å². The smallest absolute Gasteiger partial charge is 0.0965 e. The molecule has 0 aromatic heterocycles. The number of hydrogen-bond acceptors (Lipinski definition) is 2. The average molecular weight is 326 g/mol. The Morgan fingerprint density at radius 2 is 1.54 bits per heavy atom. The van der Waals surface area contributed by atoms with E-state index >= 15 is 0 Å². The van der Waals surface area contributed by atoms with E-state index in [1.54, 1.807) is 0 Å². The second-order valence-corrected chi connectivity index (χ2v) is 6.96. The SMILES string of the molecule is CCCCCCCC([C+]1N=CC=N1)C(CCC)Cc1ccccc1. The fourth-order valence-corrected chi connectivity index (χ4v) is 3.72. The van der Waals surface area contributed by atoms with Crippen molar-refractivity contribution in [2.24, 2.45) is 21.8 Å². The van der Waals surface area contributed by atoms with Crippen LogP contribution in [0.4, 0.5) is 0 Å². The van der Waals surface area contributed by atoms with Crippen molar-refractivity contribution in [2.45, 2.75) is 71.6 Å². The molecule has 24 heavy (non-hydrogen) atoms. The molecule has 1 aliphatic rings. The molecule has 2 heteroatoms. The van der Waals surface area contributed by atoms with Crippen molar-refractivity contribution >= 4 is 12.4 Å². The first kappa shape index (κ1) is 18.8. The largest absolute Gasteiger partial charge is 0.244 e. The Kier molecular flexibility index (Phi) is 8.65. The van der Waals surface area contributed by atoms with Crippen molar-refractivity contribution < 1.29 is 0 Å². The minimum atomic E-state index is 0.502. The average Bonchev–Trinajstić information content (AvgIpc) is 3.13. The van der Waals surface area contributed by atoms with Crippen molar-refractivity contribution in [3.63, 3.8) is 0 Å². The minimum Gasteiger partial charge on any atom is -0.0965 e. The number of unbranched alkanes of at least 4 members (excludes halogenated alkanes) is 4. The Balaban J connectivity index is 2.00. The van der Waals surface area contributed by atoms with E-state index in [1.807, 2.05) is 12.4 Å². The maximum atomic E-state index is 4.57. The van der Waals surface area contributed by atoms with Crippen LogP contribution in [0, 0.1) is 18.0 Å². The lowest BCUT2D eigenvalue weighted by Gasteiger charge is -2.25. The molecular weight excluding hydrogens is 292 g/mol. The Bertz CT molecular complexity index is 480. The van der Waals surface area contributed by atoms with Crippen LogP contribution in [0.25, 0.3) is 0 Å². The Hall–Kier alpha value is -1.57. The Morgan fingerprint density at radius 1 is 0.833 bits per heavy atom. The van der Waals surface area contributed by atoms with Crippen LogP contribution < -0.4 is 0 Å². The predicted octanol–water partition coefficient (Wildman–Crippen LogP) is 6.27. The normalized spacial score (nSPS) is 15.8. The lowest BCUT2D eigenvalue weighted by molar-refractivity contribution is 0.290. The molecule has 0 fully saturated rings. The highest BCUT2D eigenvalue weighted by Gasteiger charge is 2.34. The van der Waals surface area contributed by atoms with Gasteiger partial charge in [0.1, 0.15) is 0 Å². The molecule has 0 aliphatic carbocycles. The zero-order valence-electron chi connectivity index (χ0n) is 15.5. The highest BCUT2D eigenvalue weighted by atomic mass is 15.0. The summed E-state index contributed by atoms with van der Waals surface area (Å²) in [6.45, 7) is 4.57. The molecule has 1 aliphatic heterocycles. The van der Waals surface area contributed by atoms with Crippen molar-refractivity contribution in [1.29, 1.82) is 0 Å². The van der Waals surface area contributed by atoms with Gasteiger partial charge in [-0.15, -0.1) is 0 Å². The summed E-state index contributed by atoms with van der Waals surface area (Å²) < 4.78 is 0. The quantitative estimate of drug-likeness (QED) is 0.320. The summed E-state index contributed by atoms with van der Waals surface area (Å²) in [6, 6.07) is 10.9. The molecule has 0 radical (unpaired) electrons. The summed E-state index contributed by atoms with van der Waals surface area (Å²) in [5.74, 6) is 1.15. The third-order valence-corrected chi connectivity index (χ3v) is 5.00. The van der Waals surface area contributed by atoms with E-state index in [9.17, 15) is 0 Å². The van der Waals surface area contributed by atoms with E-state index in [2.05, 4.69) is 54.2 Å². The van der Waals surface area contributed by atoms with E-state index in [-0.39, 0.29) is 0 Å². The summed E-state index contributed by atoms with van der Waals surface area (Å²) in [7, 11) is 0. The lowest BCUT2D eigenvalue weighted by atomic mass is 9.79. The van der Waals surface area contributed by atoms with Crippen LogP contribution >= 0.6 is 0 Å². The van der Waals surface area contributed by atoms with Crippen LogP contribution in [0.5, 0.6) is 0 Å². The zero-order valence-corrected chi connectivity index (χ0v) is 15.5. The van der Waals surface area contributed by atoms with Crippen LogP contribution in [0.2, 0.25) is 0 Å². The molecule has 0 saturated heterocycles. The van der Waals surface area contributed by atoms with Gasteiger partial charge in [-0.3, -0.25) is 0 Å². The van der Waals surface area contributed by atoms with Gasteiger partial charge in [-0.2, -0.15) is 0 Å². The minimum absolute atomic E-state index is 0.502. The summed E-state index contributed by atoms with van der Waals surface area (Å²) >= 11 is 0. The number of benzene rings is 1.